The van der Waals surface area contributed by atoms with Crippen molar-refractivity contribution in [2.24, 2.45) is 5.92 Å². The number of benzene rings is 4. The summed E-state index contributed by atoms with van der Waals surface area (Å²) in [6.07, 6.45) is -2.17. The Balaban J connectivity index is 1.45. The Bertz CT molecular complexity index is 1420. The van der Waals surface area contributed by atoms with E-state index in [2.05, 4.69) is 0 Å². The van der Waals surface area contributed by atoms with Crippen LogP contribution in [0.5, 0.6) is 0 Å². The fourth-order valence-electron chi connectivity index (χ4n) is 5.72. The second kappa shape index (κ2) is 17.7. The largest absolute Gasteiger partial charge is 0.469 e. The van der Waals surface area contributed by atoms with Crippen LogP contribution in [0.1, 0.15) is 35.6 Å². The minimum Gasteiger partial charge on any atom is -0.469 e. The number of esters is 1. The van der Waals surface area contributed by atoms with E-state index < -0.39 is 36.4 Å². The number of methoxy groups -OCH3 is 1. The highest BCUT2D eigenvalue weighted by atomic mass is 16.6. The molecule has 5 rings (SSSR count). The van der Waals surface area contributed by atoms with Gasteiger partial charge in [-0.25, -0.2) is 0 Å². The van der Waals surface area contributed by atoms with Gasteiger partial charge in [0.1, 0.15) is 24.4 Å². The molecule has 7 nitrogen and oxygen atoms in total. The van der Waals surface area contributed by atoms with Crippen molar-refractivity contribution >= 4 is 5.97 Å². The maximum Gasteiger partial charge on any atom is 0.308 e. The maximum absolute atomic E-state index is 12.6. The molecule has 4 aromatic rings. The summed E-state index contributed by atoms with van der Waals surface area (Å²) in [6, 6.07) is 40.2. The van der Waals surface area contributed by atoms with Crippen molar-refractivity contribution in [2.45, 2.75) is 70.3 Å². The van der Waals surface area contributed by atoms with Gasteiger partial charge in [0.2, 0.25) is 0 Å². The lowest BCUT2D eigenvalue weighted by Gasteiger charge is -2.46. The van der Waals surface area contributed by atoms with E-state index in [0.29, 0.717) is 32.8 Å². The first-order chi connectivity index (χ1) is 22.6. The molecule has 0 N–H and O–H groups in total. The Morgan fingerprint density at radius 2 is 0.978 bits per heavy atom. The van der Waals surface area contributed by atoms with Gasteiger partial charge in [-0.1, -0.05) is 128 Å². The molecule has 0 spiro atoms. The molecule has 1 heterocycles. The predicted octanol–water partition coefficient (Wildman–Crippen LogP) is 6.93. The molecule has 1 fully saturated rings. The van der Waals surface area contributed by atoms with Crippen molar-refractivity contribution < 1.29 is 33.2 Å². The van der Waals surface area contributed by atoms with Crippen molar-refractivity contribution in [2.75, 3.05) is 13.7 Å². The molecule has 1 unspecified atom stereocenters. The molecule has 4 aromatic carbocycles. The molecular weight excluding hydrogens is 580 g/mol. The molecule has 0 amide bonds. The topological polar surface area (TPSA) is 72.5 Å². The molecular formula is C39H44O7. The van der Waals surface area contributed by atoms with Crippen LogP contribution in [0, 0.1) is 5.92 Å². The summed E-state index contributed by atoms with van der Waals surface area (Å²) < 4.78 is 38.3. The van der Waals surface area contributed by atoms with Crippen LogP contribution in [-0.2, 0) is 59.6 Å². The summed E-state index contributed by atoms with van der Waals surface area (Å²) in [7, 11) is 1.41. The average Bonchev–Trinajstić information content (AvgIpc) is 3.11. The zero-order valence-corrected chi connectivity index (χ0v) is 26.6. The van der Waals surface area contributed by atoms with E-state index in [1.165, 1.54) is 7.11 Å². The van der Waals surface area contributed by atoms with Crippen molar-refractivity contribution in [3.8, 4) is 0 Å². The molecule has 0 bridgehead atoms. The Hall–Kier alpha value is -3.85. The number of carbonyl (C=O) groups excluding carboxylic acids is 1. The van der Waals surface area contributed by atoms with Crippen LogP contribution in [0.4, 0.5) is 0 Å². The first-order valence-electron chi connectivity index (χ1n) is 15.9. The molecule has 1 saturated heterocycles. The summed E-state index contributed by atoms with van der Waals surface area (Å²) in [5.41, 5.74) is 4.17. The summed E-state index contributed by atoms with van der Waals surface area (Å²) in [6.45, 7) is 3.63. The van der Waals surface area contributed by atoms with Gasteiger partial charge >= 0.3 is 5.97 Å². The molecule has 7 heteroatoms. The summed E-state index contributed by atoms with van der Waals surface area (Å²) >= 11 is 0. The molecule has 0 radical (unpaired) electrons. The number of rotatable bonds is 16. The fourth-order valence-corrected chi connectivity index (χ4v) is 5.72. The van der Waals surface area contributed by atoms with Crippen LogP contribution in [0.25, 0.3) is 0 Å². The second-order valence-corrected chi connectivity index (χ2v) is 11.7. The molecule has 6 atom stereocenters. The zero-order chi connectivity index (χ0) is 32.0. The van der Waals surface area contributed by atoms with Gasteiger partial charge in [-0.3, -0.25) is 4.79 Å². The molecule has 0 aliphatic carbocycles. The van der Waals surface area contributed by atoms with Gasteiger partial charge < -0.3 is 28.4 Å². The van der Waals surface area contributed by atoms with Crippen LogP contribution < -0.4 is 0 Å². The van der Waals surface area contributed by atoms with Crippen molar-refractivity contribution in [1.29, 1.82) is 0 Å². The molecule has 242 valence electrons. The van der Waals surface area contributed by atoms with Crippen molar-refractivity contribution in [1.82, 2.24) is 0 Å². The van der Waals surface area contributed by atoms with E-state index >= 15 is 0 Å². The van der Waals surface area contributed by atoms with Gasteiger partial charge in [-0.2, -0.15) is 0 Å². The van der Waals surface area contributed by atoms with E-state index in [-0.39, 0.29) is 12.6 Å². The zero-order valence-electron chi connectivity index (χ0n) is 26.6. The standard InChI is InChI=1S/C39H44O7/c1-29(39(40)41-2)23-34-36(43-25-31-17-9-4-10-18-31)38(45-27-33-21-13-6-14-22-33)37(44-26-32-19-11-5-12-20-32)35(46-34)28-42-24-30-15-7-3-8-16-30/h3-22,29,34-38H,23-28H2,1-2H3/t29?,34-,35-,36+,37-,38-/m1/s1. The highest BCUT2D eigenvalue weighted by Gasteiger charge is 2.49. The number of hydrogen-bond donors (Lipinski definition) is 0. The average molecular weight is 625 g/mol. The van der Waals surface area contributed by atoms with Crippen LogP contribution >= 0.6 is 0 Å². The highest BCUT2D eigenvalue weighted by molar-refractivity contribution is 5.71. The Morgan fingerprint density at radius 1 is 0.587 bits per heavy atom. The monoisotopic (exact) mass is 624 g/mol. The van der Waals surface area contributed by atoms with Crippen molar-refractivity contribution in [3.63, 3.8) is 0 Å². The fraction of sp³-hybridized carbons (Fsp3) is 0.359. The molecule has 0 aromatic heterocycles. The van der Waals surface area contributed by atoms with Gasteiger partial charge in [-0.05, 0) is 28.7 Å². The molecule has 46 heavy (non-hydrogen) atoms. The molecule has 1 aliphatic heterocycles. The third-order valence-corrected chi connectivity index (χ3v) is 8.17. The molecule has 1 aliphatic rings. The van der Waals surface area contributed by atoms with E-state index in [1.54, 1.807) is 0 Å². The summed E-state index contributed by atoms with van der Waals surface area (Å²) in [5.74, 6) is -0.716. The van der Waals surface area contributed by atoms with Crippen LogP contribution in [0.3, 0.4) is 0 Å². The number of hydrogen-bond acceptors (Lipinski definition) is 7. The highest BCUT2D eigenvalue weighted by Crippen LogP contribution is 2.34. The van der Waals surface area contributed by atoms with E-state index in [0.717, 1.165) is 22.3 Å². The quantitative estimate of drug-likeness (QED) is 0.125. The van der Waals surface area contributed by atoms with E-state index in [9.17, 15) is 4.79 Å². The van der Waals surface area contributed by atoms with E-state index in [4.69, 9.17) is 28.4 Å². The SMILES string of the molecule is COC(=O)C(C)C[C@H]1O[C@H](COCc2ccccc2)[C@@H](OCc2ccccc2)[C@H](OCc2ccccc2)[C@H]1OCc1ccccc1. The van der Waals surface area contributed by atoms with Gasteiger partial charge in [0.25, 0.3) is 0 Å². The lowest BCUT2D eigenvalue weighted by molar-refractivity contribution is -0.275. The minimum absolute atomic E-state index is 0.272. The number of carbonyl (C=O) groups is 1. The Morgan fingerprint density at radius 3 is 1.41 bits per heavy atom. The number of ether oxygens (including phenoxy) is 6. The predicted molar refractivity (Wildman–Crippen MR) is 176 cm³/mol. The van der Waals surface area contributed by atoms with Crippen LogP contribution in [0.2, 0.25) is 0 Å². The third kappa shape index (κ3) is 9.82. The van der Waals surface area contributed by atoms with Gasteiger partial charge in [-0.15, -0.1) is 0 Å². The summed E-state index contributed by atoms with van der Waals surface area (Å²) in [4.78, 5) is 12.6. The van der Waals surface area contributed by atoms with E-state index in [1.807, 2.05) is 128 Å². The normalized spacial score (nSPS) is 21.8. The van der Waals surface area contributed by atoms with Gasteiger partial charge in [0.15, 0.2) is 0 Å². The Kier molecular flexibility index (Phi) is 12.9. The minimum atomic E-state index is -0.540. The van der Waals surface area contributed by atoms with Crippen LogP contribution in [-0.4, -0.2) is 50.2 Å². The smallest absolute Gasteiger partial charge is 0.308 e. The lowest BCUT2D eigenvalue weighted by Crippen LogP contribution is -2.61. The maximum atomic E-state index is 12.6. The first-order valence-corrected chi connectivity index (χ1v) is 15.9. The summed E-state index contributed by atoms with van der Waals surface area (Å²) in [5, 5.41) is 0. The molecule has 0 saturated carbocycles. The Labute approximate surface area is 272 Å². The van der Waals surface area contributed by atoms with Gasteiger partial charge in [0, 0.05) is 0 Å². The third-order valence-electron chi connectivity index (χ3n) is 8.17. The second-order valence-electron chi connectivity index (χ2n) is 11.7. The lowest BCUT2D eigenvalue weighted by atomic mass is 9.89. The van der Waals surface area contributed by atoms with Gasteiger partial charge in [0.05, 0.1) is 52.2 Å². The van der Waals surface area contributed by atoms with Crippen molar-refractivity contribution in [3.05, 3.63) is 144 Å². The first kappa shape index (κ1) is 33.5. The van der Waals surface area contributed by atoms with Crippen LogP contribution in [0.15, 0.2) is 121 Å².